The van der Waals surface area contributed by atoms with Crippen molar-refractivity contribution in [2.45, 2.75) is 30.7 Å². The Hall–Kier alpha value is -0.830. The number of rotatable bonds is 6. The van der Waals surface area contributed by atoms with E-state index >= 15 is 0 Å². The van der Waals surface area contributed by atoms with Gasteiger partial charge in [0.2, 0.25) is 6.61 Å². The van der Waals surface area contributed by atoms with E-state index in [4.69, 9.17) is 0 Å². The van der Waals surface area contributed by atoms with Crippen molar-refractivity contribution in [3.8, 4) is 0 Å². The summed E-state index contributed by atoms with van der Waals surface area (Å²) < 4.78 is 17.8. The van der Waals surface area contributed by atoms with E-state index in [2.05, 4.69) is 20.7 Å². The van der Waals surface area contributed by atoms with Gasteiger partial charge in [0.1, 0.15) is 9.85 Å². The van der Waals surface area contributed by atoms with E-state index in [1.807, 2.05) is 0 Å². The van der Waals surface area contributed by atoms with Crippen molar-refractivity contribution in [1.29, 1.82) is 0 Å². The van der Waals surface area contributed by atoms with Crippen LogP contribution in [0.1, 0.15) is 13.8 Å². The first-order valence-electron chi connectivity index (χ1n) is 3.95. The number of hydrogen-bond donors (Lipinski definition) is 0. The summed E-state index contributed by atoms with van der Waals surface area (Å²) in [6.07, 6.45) is -0.569. The van der Waals surface area contributed by atoms with Crippen molar-refractivity contribution >= 4 is 15.9 Å². The van der Waals surface area contributed by atoms with Crippen LogP contribution in [0.25, 0.3) is 0 Å². The molecular formula is C6H10BrFN2O5. The lowest BCUT2D eigenvalue weighted by atomic mass is 10.3. The van der Waals surface area contributed by atoms with Crippen LogP contribution in [0.5, 0.6) is 0 Å². The highest BCUT2D eigenvalue weighted by Gasteiger charge is 2.58. The highest BCUT2D eigenvalue weighted by molar-refractivity contribution is 9.09. The minimum atomic E-state index is -3.78. The lowest BCUT2D eigenvalue weighted by molar-refractivity contribution is -0.833. The Bertz CT molecular complexity index is 248. The van der Waals surface area contributed by atoms with Gasteiger partial charge < -0.3 is 4.74 Å². The number of nitro groups is 2. The molecule has 0 fully saturated rings. The lowest BCUT2D eigenvalue weighted by Gasteiger charge is -2.15. The van der Waals surface area contributed by atoms with Crippen molar-refractivity contribution < 1.29 is 19.0 Å². The molecule has 0 radical (unpaired) electrons. The van der Waals surface area contributed by atoms with Crippen molar-refractivity contribution in [2.24, 2.45) is 0 Å². The second-order valence-electron chi connectivity index (χ2n) is 2.93. The van der Waals surface area contributed by atoms with Gasteiger partial charge >= 0.3 is 5.92 Å². The van der Waals surface area contributed by atoms with E-state index in [1.165, 1.54) is 6.92 Å². The van der Waals surface area contributed by atoms with Crippen LogP contribution in [0.4, 0.5) is 4.39 Å². The zero-order chi connectivity index (χ0) is 12.2. The largest absolute Gasteiger partial charge is 0.637 e. The molecule has 0 rings (SSSR count). The Morgan fingerprint density at radius 2 is 1.80 bits per heavy atom. The predicted octanol–water partition coefficient (Wildman–Crippen LogP) is 1.35. The molecule has 0 aromatic carbocycles. The second kappa shape index (κ2) is 5.31. The van der Waals surface area contributed by atoms with E-state index in [0.717, 1.165) is 0 Å². The molecule has 0 aromatic heterocycles. The fourth-order valence-electron chi connectivity index (χ4n) is 0.542. The summed E-state index contributed by atoms with van der Waals surface area (Å²) in [4.78, 5) is 16.9. The van der Waals surface area contributed by atoms with Gasteiger partial charge in [0.15, 0.2) is 0 Å². The monoisotopic (exact) mass is 288 g/mol. The van der Waals surface area contributed by atoms with Crippen LogP contribution in [0.3, 0.4) is 0 Å². The SMILES string of the molecule is CC(Br)C(C)OCC(F)([N+](=O)[O-])[N+](=O)[O-]. The summed E-state index contributed by atoms with van der Waals surface area (Å²) in [6.45, 7) is 1.97. The highest BCUT2D eigenvalue weighted by Crippen LogP contribution is 2.16. The molecule has 0 aliphatic carbocycles. The van der Waals surface area contributed by atoms with E-state index < -0.39 is 28.5 Å². The molecule has 2 atom stereocenters. The Morgan fingerprint density at radius 3 is 2.07 bits per heavy atom. The normalized spacial score (nSPS) is 15.7. The fraction of sp³-hybridized carbons (Fsp3) is 1.00. The van der Waals surface area contributed by atoms with Crippen LogP contribution in [0.2, 0.25) is 0 Å². The van der Waals surface area contributed by atoms with E-state index in [0.29, 0.717) is 0 Å². The molecule has 0 aliphatic heterocycles. The first kappa shape index (κ1) is 14.2. The van der Waals surface area contributed by atoms with Gasteiger partial charge in [-0.3, -0.25) is 20.2 Å². The zero-order valence-corrected chi connectivity index (χ0v) is 9.64. The van der Waals surface area contributed by atoms with Gasteiger partial charge in [-0.15, -0.1) is 0 Å². The van der Waals surface area contributed by atoms with E-state index in [9.17, 15) is 24.6 Å². The summed E-state index contributed by atoms with van der Waals surface area (Å²) in [6, 6.07) is 0. The van der Waals surface area contributed by atoms with Gasteiger partial charge in [-0.2, -0.15) is 0 Å². The van der Waals surface area contributed by atoms with E-state index in [1.54, 1.807) is 6.92 Å². The van der Waals surface area contributed by atoms with Crippen LogP contribution in [0.15, 0.2) is 0 Å². The predicted molar refractivity (Wildman–Crippen MR) is 51.6 cm³/mol. The zero-order valence-electron chi connectivity index (χ0n) is 8.05. The van der Waals surface area contributed by atoms with Gasteiger partial charge in [0, 0.05) is 4.83 Å². The minimum absolute atomic E-state index is 0.194. The van der Waals surface area contributed by atoms with Gasteiger partial charge in [-0.05, 0) is 6.92 Å². The minimum Gasteiger partial charge on any atom is -0.359 e. The molecule has 0 heterocycles. The van der Waals surface area contributed by atoms with Crippen LogP contribution < -0.4 is 0 Å². The molecule has 88 valence electrons. The quantitative estimate of drug-likeness (QED) is 0.242. The molecular weight excluding hydrogens is 279 g/mol. The van der Waals surface area contributed by atoms with Crippen LogP contribution in [-0.4, -0.2) is 33.3 Å². The fourth-order valence-corrected chi connectivity index (χ4v) is 0.695. The Balaban J connectivity index is 4.46. The molecule has 0 saturated carbocycles. The summed E-state index contributed by atoms with van der Waals surface area (Å²) in [7, 11) is 0. The Labute approximate surface area is 93.0 Å². The first-order chi connectivity index (χ1) is 6.71. The van der Waals surface area contributed by atoms with E-state index in [-0.39, 0.29) is 4.83 Å². The van der Waals surface area contributed by atoms with Crippen LogP contribution in [-0.2, 0) is 4.74 Å². The number of nitrogens with zero attached hydrogens (tertiary/aromatic N) is 2. The second-order valence-corrected chi connectivity index (χ2v) is 4.37. The molecule has 0 bridgehead atoms. The molecule has 0 spiro atoms. The average molecular weight is 289 g/mol. The summed E-state index contributed by atoms with van der Waals surface area (Å²) in [5.41, 5.74) is 0. The number of hydrogen-bond acceptors (Lipinski definition) is 5. The molecule has 2 unspecified atom stereocenters. The van der Waals surface area contributed by atoms with Crippen molar-refractivity contribution in [2.75, 3.05) is 6.61 Å². The Morgan fingerprint density at radius 1 is 1.40 bits per heavy atom. The molecule has 0 amide bonds. The molecule has 9 heteroatoms. The molecule has 0 aliphatic rings. The van der Waals surface area contributed by atoms with Gasteiger partial charge in [0.05, 0.1) is 6.10 Å². The maximum Gasteiger partial charge on any atom is 0.637 e. The molecule has 0 saturated heterocycles. The number of ether oxygens (including phenoxy) is 1. The third-order valence-corrected chi connectivity index (χ3v) is 2.48. The molecule has 0 N–H and O–H groups in total. The van der Waals surface area contributed by atoms with Crippen LogP contribution >= 0.6 is 15.9 Å². The Kier molecular flexibility index (Phi) is 5.01. The van der Waals surface area contributed by atoms with Crippen molar-refractivity contribution in [1.82, 2.24) is 0 Å². The highest BCUT2D eigenvalue weighted by atomic mass is 79.9. The van der Waals surface area contributed by atoms with Gasteiger partial charge in [-0.1, -0.05) is 27.2 Å². The maximum absolute atomic E-state index is 13.1. The van der Waals surface area contributed by atoms with Gasteiger partial charge in [0.25, 0.3) is 0 Å². The smallest absolute Gasteiger partial charge is 0.359 e. The molecule has 7 nitrogen and oxygen atoms in total. The number of halogens is 2. The van der Waals surface area contributed by atoms with Gasteiger partial charge in [-0.25, -0.2) is 0 Å². The van der Waals surface area contributed by atoms with Crippen molar-refractivity contribution in [3.63, 3.8) is 0 Å². The summed E-state index contributed by atoms with van der Waals surface area (Å²) in [5, 5.41) is 20.3. The maximum atomic E-state index is 13.1. The lowest BCUT2D eigenvalue weighted by Crippen LogP contribution is -2.47. The third kappa shape index (κ3) is 3.67. The topological polar surface area (TPSA) is 95.5 Å². The summed E-state index contributed by atoms with van der Waals surface area (Å²) >= 11 is 3.09. The standard InChI is InChI=1S/C6H10BrFN2O5/c1-4(7)5(2)15-3-6(8,9(11)12)10(13)14/h4-5H,3H2,1-2H3. The van der Waals surface area contributed by atoms with Crippen molar-refractivity contribution in [3.05, 3.63) is 20.2 Å². The average Bonchev–Trinajstić information content (AvgIpc) is 2.12. The number of alkyl halides is 2. The summed E-state index contributed by atoms with van der Waals surface area (Å²) in [5.74, 6) is -3.78. The third-order valence-electron chi connectivity index (χ3n) is 1.74. The van der Waals surface area contributed by atoms with Crippen LogP contribution in [0, 0.1) is 20.2 Å². The molecule has 15 heavy (non-hydrogen) atoms. The first-order valence-corrected chi connectivity index (χ1v) is 4.87. The molecule has 0 aromatic rings.